The first kappa shape index (κ1) is 14.0. The Bertz CT molecular complexity index is 450. The molecule has 0 bridgehead atoms. The van der Waals surface area contributed by atoms with Gasteiger partial charge in [-0.05, 0) is 25.2 Å². The van der Waals surface area contributed by atoms with E-state index in [1.54, 1.807) is 0 Å². The maximum atomic E-state index is 10.9. The van der Waals surface area contributed by atoms with Gasteiger partial charge in [0.1, 0.15) is 17.0 Å². The van der Waals surface area contributed by atoms with E-state index in [1.807, 2.05) is 0 Å². The van der Waals surface area contributed by atoms with E-state index in [0.717, 1.165) is 32.5 Å². The van der Waals surface area contributed by atoms with Crippen LogP contribution in [0.3, 0.4) is 0 Å². The molecule has 6 nitrogen and oxygen atoms in total. The zero-order valence-corrected chi connectivity index (χ0v) is 11.2. The Morgan fingerprint density at radius 2 is 2.26 bits per heavy atom. The van der Waals surface area contributed by atoms with E-state index in [1.165, 1.54) is 12.3 Å². The zero-order chi connectivity index (χ0) is 13.7. The number of anilines is 1. The lowest BCUT2D eigenvalue weighted by Gasteiger charge is -2.22. The number of halogens is 1. The highest BCUT2D eigenvalue weighted by molar-refractivity contribution is 6.29. The summed E-state index contributed by atoms with van der Waals surface area (Å²) in [4.78, 5) is 14.1. The van der Waals surface area contributed by atoms with Gasteiger partial charge in [0.15, 0.2) is 0 Å². The Morgan fingerprint density at radius 1 is 1.53 bits per heavy atom. The first-order valence-corrected chi connectivity index (χ1v) is 6.66. The lowest BCUT2D eigenvalue weighted by atomic mass is 9.97. The molecule has 0 saturated carbocycles. The van der Waals surface area contributed by atoms with E-state index >= 15 is 0 Å². The molecule has 0 spiro atoms. The first-order chi connectivity index (χ1) is 9.16. The van der Waals surface area contributed by atoms with E-state index in [-0.39, 0.29) is 10.8 Å². The molecule has 7 heteroatoms. The Morgan fingerprint density at radius 3 is 2.95 bits per heavy atom. The van der Waals surface area contributed by atoms with Gasteiger partial charge < -0.3 is 10.1 Å². The lowest BCUT2D eigenvalue weighted by Crippen LogP contribution is -2.18. The highest BCUT2D eigenvalue weighted by atomic mass is 35.5. The summed E-state index contributed by atoms with van der Waals surface area (Å²) in [6, 6.07) is 1.49. The molecule has 1 N–H and O–H groups in total. The van der Waals surface area contributed by atoms with Crippen molar-refractivity contribution in [1.82, 2.24) is 4.98 Å². The van der Waals surface area contributed by atoms with Crippen LogP contribution in [0, 0.1) is 16.0 Å². The number of rotatable bonds is 5. The van der Waals surface area contributed by atoms with Gasteiger partial charge in [-0.3, -0.25) is 10.1 Å². The minimum Gasteiger partial charge on any atom is -0.381 e. The Labute approximate surface area is 116 Å². The van der Waals surface area contributed by atoms with Gasteiger partial charge in [0.05, 0.1) is 4.92 Å². The molecule has 1 aromatic rings. The standard InChI is InChI=1S/C12H16ClN3O3/c13-12-7-10(11(8-15-12)16(17)18)14-4-1-9-2-5-19-6-3-9/h7-9H,1-6H2,(H,14,15). The Balaban J connectivity index is 1.91. The summed E-state index contributed by atoms with van der Waals surface area (Å²) >= 11 is 5.76. The van der Waals surface area contributed by atoms with Crippen molar-refractivity contribution in [3.05, 3.63) is 27.5 Å². The lowest BCUT2D eigenvalue weighted by molar-refractivity contribution is -0.384. The number of nitrogens with one attached hydrogen (secondary N) is 1. The van der Waals surface area contributed by atoms with Crippen LogP contribution in [0.15, 0.2) is 12.3 Å². The second kappa shape index (κ2) is 6.68. The highest BCUT2D eigenvalue weighted by Crippen LogP contribution is 2.26. The van der Waals surface area contributed by atoms with Gasteiger partial charge in [0.25, 0.3) is 0 Å². The van der Waals surface area contributed by atoms with Crippen molar-refractivity contribution < 1.29 is 9.66 Å². The van der Waals surface area contributed by atoms with Crippen LogP contribution in [0.5, 0.6) is 0 Å². The molecule has 0 aromatic carbocycles. The van der Waals surface area contributed by atoms with Crippen LogP contribution in [-0.2, 0) is 4.74 Å². The highest BCUT2D eigenvalue weighted by Gasteiger charge is 2.16. The number of aromatic nitrogens is 1. The number of nitro groups is 1. The predicted octanol–water partition coefficient (Wildman–Crippen LogP) is 2.87. The van der Waals surface area contributed by atoms with Crippen molar-refractivity contribution >= 4 is 23.0 Å². The number of hydrogen-bond donors (Lipinski definition) is 1. The van der Waals surface area contributed by atoms with Crippen LogP contribution in [0.4, 0.5) is 11.4 Å². The second-order valence-corrected chi connectivity index (χ2v) is 4.94. The van der Waals surface area contributed by atoms with E-state index < -0.39 is 4.92 Å². The molecular formula is C12H16ClN3O3. The van der Waals surface area contributed by atoms with Crippen LogP contribution in [0.1, 0.15) is 19.3 Å². The molecule has 1 aliphatic heterocycles. The minimum absolute atomic E-state index is 0.0450. The van der Waals surface area contributed by atoms with E-state index in [9.17, 15) is 10.1 Å². The fraction of sp³-hybridized carbons (Fsp3) is 0.583. The maximum absolute atomic E-state index is 10.9. The third-order valence-electron chi connectivity index (χ3n) is 3.26. The van der Waals surface area contributed by atoms with Crippen molar-refractivity contribution in [3.8, 4) is 0 Å². The smallest absolute Gasteiger partial charge is 0.310 e. The molecule has 1 saturated heterocycles. The van der Waals surface area contributed by atoms with Crippen molar-refractivity contribution in [3.63, 3.8) is 0 Å². The van der Waals surface area contributed by atoms with E-state index in [2.05, 4.69) is 10.3 Å². The first-order valence-electron chi connectivity index (χ1n) is 6.28. The topological polar surface area (TPSA) is 77.3 Å². The molecule has 104 valence electrons. The molecule has 2 heterocycles. The van der Waals surface area contributed by atoms with Crippen molar-refractivity contribution in [2.24, 2.45) is 5.92 Å². The molecular weight excluding hydrogens is 270 g/mol. The van der Waals surface area contributed by atoms with Gasteiger partial charge in [-0.25, -0.2) is 4.98 Å². The van der Waals surface area contributed by atoms with Gasteiger partial charge in [0, 0.05) is 25.8 Å². The van der Waals surface area contributed by atoms with Crippen LogP contribution in [0.25, 0.3) is 0 Å². The maximum Gasteiger partial charge on any atom is 0.310 e. The van der Waals surface area contributed by atoms with Crippen LogP contribution in [0.2, 0.25) is 5.15 Å². The quantitative estimate of drug-likeness (QED) is 0.511. The summed E-state index contributed by atoms with van der Waals surface area (Å²) in [5.41, 5.74) is 0.383. The summed E-state index contributed by atoms with van der Waals surface area (Å²) in [7, 11) is 0. The van der Waals surface area contributed by atoms with Crippen LogP contribution < -0.4 is 5.32 Å². The average molecular weight is 286 g/mol. The summed E-state index contributed by atoms with van der Waals surface area (Å²) < 4.78 is 5.30. The minimum atomic E-state index is -0.458. The molecule has 19 heavy (non-hydrogen) atoms. The second-order valence-electron chi connectivity index (χ2n) is 4.55. The molecule has 0 aliphatic carbocycles. The molecule has 0 radical (unpaired) electrons. The SMILES string of the molecule is O=[N+]([O-])c1cnc(Cl)cc1NCCC1CCOCC1. The third-order valence-corrected chi connectivity index (χ3v) is 3.46. The monoisotopic (exact) mass is 285 g/mol. The Hall–Kier alpha value is -1.40. The molecule has 2 rings (SSSR count). The fourth-order valence-corrected chi connectivity index (χ4v) is 2.31. The van der Waals surface area contributed by atoms with Crippen molar-refractivity contribution in [2.45, 2.75) is 19.3 Å². The molecule has 1 aromatic heterocycles. The van der Waals surface area contributed by atoms with Gasteiger partial charge in [-0.1, -0.05) is 11.6 Å². The van der Waals surface area contributed by atoms with Crippen molar-refractivity contribution in [1.29, 1.82) is 0 Å². The average Bonchev–Trinajstić information content (AvgIpc) is 2.39. The molecule has 0 atom stereocenters. The third kappa shape index (κ3) is 4.04. The summed E-state index contributed by atoms with van der Waals surface area (Å²) in [5, 5.41) is 14.2. The fourth-order valence-electron chi connectivity index (χ4n) is 2.16. The van der Waals surface area contributed by atoms with Crippen molar-refractivity contribution in [2.75, 3.05) is 25.1 Å². The van der Waals surface area contributed by atoms with E-state index in [4.69, 9.17) is 16.3 Å². The summed E-state index contributed by atoms with van der Waals surface area (Å²) in [6.07, 6.45) is 4.27. The largest absolute Gasteiger partial charge is 0.381 e. The van der Waals surface area contributed by atoms with Gasteiger partial charge in [-0.2, -0.15) is 0 Å². The molecule has 0 amide bonds. The summed E-state index contributed by atoms with van der Waals surface area (Å²) in [6.45, 7) is 2.31. The van der Waals surface area contributed by atoms with Crippen LogP contribution in [-0.4, -0.2) is 29.7 Å². The number of hydrogen-bond acceptors (Lipinski definition) is 5. The van der Waals surface area contributed by atoms with Gasteiger partial charge >= 0.3 is 5.69 Å². The molecule has 1 fully saturated rings. The predicted molar refractivity (Wildman–Crippen MR) is 72.6 cm³/mol. The van der Waals surface area contributed by atoms with Gasteiger partial charge in [-0.15, -0.1) is 0 Å². The van der Waals surface area contributed by atoms with Gasteiger partial charge in [0.2, 0.25) is 0 Å². The number of ether oxygens (including phenoxy) is 1. The zero-order valence-electron chi connectivity index (χ0n) is 10.5. The normalized spacial score (nSPS) is 16.3. The number of nitrogens with zero attached hydrogens (tertiary/aromatic N) is 2. The Kier molecular flexibility index (Phi) is 4.93. The van der Waals surface area contributed by atoms with Crippen LogP contribution >= 0.6 is 11.6 Å². The number of pyridine rings is 1. The molecule has 1 aliphatic rings. The molecule has 0 unspecified atom stereocenters. The summed E-state index contributed by atoms with van der Waals surface area (Å²) in [5.74, 6) is 0.623. The van der Waals surface area contributed by atoms with E-state index in [0.29, 0.717) is 18.2 Å².